The molecule has 2 aromatic rings. The van der Waals surface area contributed by atoms with Crippen LogP contribution in [0.4, 0.5) is 0 Å². The minimum Gasteiger partial charge on any atom is -0.478 e. The first-order chi connectivity index (χ1) is 12.0. The van der Waals surface area contributed by atoms with Gasteiger partial charge in [-0.2, -0.15) is 0 Å². The number of aryl methyl sites for hydroxylation is 1. The molecule has 0 saturated carbocycles. The Morgan fingerprint density at radius 3 is 2.15 bits per heavy atom. The predicted molar refractivity (Wildman–Crippen MR) is 105 cm³/mol. The van der Waals surface area contributed by atoms with Crippen LogP contribution in [0.3, 0.4) is 0 Å². The number of carboxylic acid groups (broad SMARTS) is 1. The lowest BCUT2D eigenvalue weighted by molar-refractivity contribution is 0.0276. The second-order valence-electron chi connectivity index (χ2n) is 8.23. The molecule has 1 aliphatic carbocycles. The van der Waals surface area contributed by atoms with E-state index in [1.165, 1.54) is 0 Å². The molecule has 1 aliphatic rings. The van der Waals surface area contributed by atoms with Gasteiger partial charge in [-0.1, -0.05) is 38.6 Å². The highest BCUT2D eigenvalue weighted by atomic mass is 16.4. The van der Waals surface area contributed by atoms with Gasteiger partial charge in [0.2, 0.25) is 0 Å². The highest BCUT2D eigenvalue weighted by Gasteiger charge is 2.39. The molecule has 0 amide bonds. The third kappa shape index (κ3) is 3.08. The number of carboxylic acids is 1. The lowest BCUT2D eigenvalue weighted by Gasteiger charge is -2.41. The van der Waals surface area contributed by atoms with Crippen LogP contribution in [0.1, 0.15) is 71.8 Å². The van der Waals surface area contributed by atoms with Gasteiger partial charge in [0.15, 0.2) is 0 Å². The molecule has 2 aromatic carbocycles. The highest BCUT2D eigenvalue weighted by Crippen LogP contribution is 2.46. The molecule has 3 nitrogen and oxygen atoms in total. The largest absolute Gasteiger partial charge is 0.478 e. The number of aromatic carboxylic acids is 1. The summed E-state index contributed by atoms with van der Waals surface area (Å²) in [5.41, 5.74) is 5.49. The molecule has 26 heavy (non-hydrogen) atoms. The van der Waals surface area contributed by atoms with Gasteiger partial charge in [0.1, 0.15) is 0 Å². The van der Waals surface area contributed by atoms with Gasteiger partial charge in [-0.3, -0.25) is 0 Å². The van der Waals surface area contributed by atoms with E-state index in [0.717, 1.165) is 46.2 Å². The van der Waals surface area contributed by atoms with Crippen molar-refractivity contribution < 1.29 is 15.0 Å². The summed E-state index contributed by atoms with van der Waals surface area (Å²) in [5, 5.41) is 19.9. The summed E-state index contributed by atoms with van der Waals surface area (Å²) in [6.45, 7) is 12.6. The summed E-state index contributed by atoms with van der Waals surface area (Å²) in [7, 11) is 0. The number of carbonyl (C=O) groups is 1. The Morgan fingerprint density at radius 1 is 1.00 bits per heavy atom. The lowest BCUT2D eigenvalue weighted by atomic mass is 9.66. The molecule has 0 heterocycles. The van der Waals surface area contributed by atoms with Crippen LogP contribution in [0.5, 0.6) is 0 Å². The molecule has 136 valence electrons. The number of fused-ring (bicyclic) bond motifs is 1. The van der Waals surface area contributed by atoms with Crippen molar-refractivity contribution in [3.63, 3.8) is 0 Å². The van der Waals surface area contributed by atoms with E-state index >= 15 is 0 Å². The number of benzene rings is 2. The second-order valence-corrected chi connectivity index (χ2v) is 8.23. The first-order valence-electron chi connectivity index (χ1n) is 8.94. The quantitative estimate of drug-likeness (QED) is 0.816. The van der Waals surface area contributed by atoms with Crippen LogP contribution in [0.2, 0.25) is 0 Å². The second kappa shape index (κ2) is 6.10. The average Bonchev–Trinajstić information content (AvgIpc) is 2.58. The highest BCUT2D eigenvalue weighted by molar-refractivity contribution is 5.89. The molecular formula is C23H26O3. The maximum Gasteiger partial charge on any atom is 0.335 e. The minimum absolute atomic E-state index is 0.00648. The molecule has 0 saturated heterocycles. The van der Waals surface area contributed by atoms with Crippen molar-refractivity contribution in [2.45, 2.75) is 51.6 Å². The fourth-order valence-corrected chi connectivity index (χ4v) is 3.83. The monoisotopic (exact) mass is 350 g/mol. The zero-order valence-corrected chi connectivity index (χ0v) is 15.9. The Bertz CT molecular complexity index is 886. The van der Waals surface area contributed by atoms with Crippen molar-refractivity contribution >= 4 is 11.5 Å². The maximum absolute atomic E-state index is 11.1. The van der Waals surface area contributed by atoms with E-state index in [0.29, 0.717) is 0 Å². The minimum atomic E-state index is -0.934. The normalized spacial score (nSPS) is 21.1. The molecule has 0 radical (unpaired) electrons. The van der Waals surface area contributed by atoms with Crippen LogP contribution in [-0.2, 0) is 11.0 Å². The summed E-state index contributed by atoms with van der Waals surface area (Å²) >= 11 is 0. The van der Waals surface area contributed by atoms with Gasteiger partial charge in [-0.05, 0) is 83.7 Å². The Labute approximate surface area is 155 Å². The fraction of sp³-hybridized carbons (Fsp3) is 0.348. The summed E-state index contributed by atoms with van der Waals surface area (Å²) < 4.78 is 0. The summed E-state index contributed by atoms with van der Waals surface area (Å²) in [4.78, 5) is 11.1. The van der Waals surface area contributed by atoms with Gasteiger partial charge in [0.25, 0.3) is 0 Å². The van der Waals surface area contributed by atoms with E-state index in [2.05, 4.69) is 32.6 Å². The average molecular weight is 350 g/mol. The third-order valence-electron chi connectivity index (χ3n) is 5.72. The Kier molecular flexibility index (Phi) is 4.32. The zero-order valence-electron chi connectivity index (χ0n) is 15.9. The van der Waals surface area contributed by atoms with Crippen LogP contribution < -0.4 is 0 Å². The molecule has 3 heteroatoms. The van der Waals surface area contributed by atoms with Gasteiger partial charge in [0, 0.05) is 0 Å². The maximum atomic E-state index is 11.1. The summed E-state index contributed by atoms with van der Waals surface area (Å²) in [5.74, 6) is -0.934. The van der Waals surface area contributed by atoms with E-state index in [-0.39, 0.29) is 11.0 Å². The molecule has 1 unspecified atom stereocenters. The Hall–Kier alpha value is -2.39. The van der Waals surface area contributed by atoms with Crippen molar-refractivity contribution in [2.24, 2.45) is 0 Å². The first-order valence-corrected chi connectivity index (χ1v) is 8.94. The van der Waals surface area contributed by atoms with Gasteiger partial charge >= 0.3 is 5.97 Å². The van der Waals surface area contributed by atoms with Crippen LogP contribution in [0.25, 0.3) is 5.57 Å². The molecule has 0 aliphatic heterocycles. The smallest absolute Gasteiger partial charge is 0.335 e. The van der Waals surface area contributed by atoms with Crippen LogP contribution in [0.15, 0.2) is 43.0 Å². The van der Waals surface area contributed by atoms with E-state index < -0.39 is 11.6 Å². The van der Waals surface area contributed by atoms with Crippen molar-refractivity contribution in [2.75, 3.05) is 0 Å². The van der Waals surface area contributed by atoms with Crippen molar-refractivity contribution in [3.8, 4) is 0 Å². The number of aliphatic hydroxyl groups is 1. The standard InChI is InChI=1S/C23H26O3/c1-14-12-20-19(22(3,4)10-11-23(20,5)26)13-18(14)15(2)16-6-8-17(9-7-16)21(24)25/h6-9,12-13,26H,2,10-11H2,1,3-5H3,(H,24,25). The zero-order chi connectivity index (χ0) is 19.3. The molecular weight excluding hydrogens is 324 g/mol. The van der Waals surface area contributed by atoms with Gasteiger partial charge in [-0.15, -0.1) is 0 Å². The van der Waals surface area contributed by atoms with E-state index in [4.69, 9.17) is 5.11 Å². The Morgan fingerprint density at radius 2 is 1.58 bits per heavy atom. The molecule has 0 fully saturated rings. The van der Waals surface area contributed by atoms with Gasteiger partial charge in [-0.25, -0.2) is 4.79 Å². The summed E-state index contributed by atoms with van der Waals surface area (Å²) in [6.07, 6.45) is 1.68. The van der Waals surface area contributed by atoms with Crippen molar-refractivity contribution in [1.82, 2.24) is 0 Å². The molecule has 0 spiro atoms. The molecule has 3 rings (SSSR count). The molecule has 2 N–H and O–H groups in total. The van der Waals surface area contributed by atoms with Gasteiger partial charge < -0.3 is 10.2 Å². The fourth-order valence-electron chi connectivity index (χ4n) is 3.83. The Balaban J connectivity index is 2.09. The molecule has 1 atom stereocenters. The number of rotatable bonds is 3. The van der Waals surface area contributed by atoms with E-state index in [1.54, 1.807) is 24.3 Å². The number of hydrogen-bond donors (Lipinski definition) is 2. The van der Waals surface area contributed by atoms with Crippen LogP contribution in [-0.4, -0.2) is 16.2 Å². The van der Waals surface area contributed by atoms with Crippen LogP contribution >= 0.6 is 0 Å². The predicted octanol–water partition coefficient (Wildman–Crippen LogP) is 5.03. The van der Waals surface area contributed by atoms with Crippen molar-refractivity contribution in [3.05, 3.63) is 76.4 Å². The van der Waals surface area contributed by atoms with Crippen LogP contribution in [0, 0.1) is 6.92 Å². The molecule has 0 aromatic heterocycles. The van der Waals surface area contributed by atoms with Gasteiger partial charge in [0.05, 0.1) is 11.2 Å². The third-order valence-corrected chi connectivity index (χ3v) is 5.72. The topological polar surface area (TPSA) is 57.5 Å². The molecule has 0 bridgehead atoms. The SMILES string of the molecule is C=C(c1ccc(C(=O)O)cc1)c1cc2c(cc1C)C(C)(O)CCC2(C)C. The van der Waals surface area contributed by atoms with E-state index in [1.807, 2.05) is 13.8 Å². The summed E-state index contributed by atoms with van der Waals surface area (Å²) in [6, 6.07) is 11.0. The van der Waals surface area contributed by atoms with Crippen molar-refractivity contribution in [1.29, 1.82) is 0 Å². The lowest BCUT2D eigenvalue weighted by Crippen LogP contribution is -2.35. The first kappa shape index (κ1) is 18.4. The number of hydrogen-bond acceptors (Lipinski definition) is 2. The van der Waals surface area contributed by atoms with E-state index in [9.17, 15) is 9.90 Å².